The lowest BCUT2D eigenvalue weighted by Gasteiger charge is -2.44. The van der Waals surface area contributed by atoms with Crippen LogP contribution in [0.5, 0.6) is 0 Å². The maximum absolute atomic E-state index is 5.90. The molecule has 4 heteroatoms. The van der Waals surface area contributed by atoms with Crippen LogP contribution >= 0.6 is 0 Å². The summed E-state index contributed by atoms with van der Waals surface area (Å²) in [5.74, 6) is 0. The van der Waals surface area contributed by atoms with Crippen LogP contribution in [0, 0.1) is 0 Å². The summed E-state index contributed by atoms with van der Waals surface area (Å²) in [4.78, 5) is 2.41. The van der Waals surface area contributed by atoms with E-state index in [2.05, 4.69) is 18.7 Å². The molecule has 2 N–H and O–H groups in total. The molecule has 2 unspecified atom stereocenters. The first-order valence-electron chi connectivity index (χ1n) is 5.62. The average molecular weight is 216 g/mol. The van der Waals surface area contributed by atoms with E-state index >= 15 is 0 Å². The number of rotatable bonds is 5. The van der Waals surface area contributed by atoms with Gasteiger partial charge in [0.2, 0.25) is 0 Å². The quantitative estimate of drug-likeness (QED) is 0.691. The van der Waals surface area contributed by atoms with Crippen molar-refractivity contribution < 1.29 is 9.47 Å². The average Bonchev–Trinajstić information content (AvgIpc) is 2.66. The van der Waals surface area contributed by atoms with Crippen LogP contribution in [-0.2, 0) is 9.47 Å². The highest BCUT2D eigenvalue weighted by atomic mass is 16.7. The molecule has 2 atom stereocenters. The normalized spacial score (nSPS) is 27.2. The highest BCUT2D eigenvalue weighted by Gasteiger charge is 2.43. The Morgan fingerprint density at radius 3 is 2.40 bits per heavy atom. The predicted molar refractivity (Wildman–Crippen MR) is 60.7 cm³/mol. The highest BCUT2D eigenvalue weighted by molar-refractivity contribution is 4.95. The second-order valence-electron chi connectivity index (χ2n) is 4.55. The third-order valence-corrected chi connectivity index (χ3v) is 3.56. The molecule has 1 aliphatic rings. The molecule has 0 saturated carbocycles. The molecule has 0 aromatic rings. The Bertz CT molecular complexity index is 197. The van der Waals surface area contributed by atoms with E-state index in [1.54, 1.807) is 14.2 Å². The predicted octanol–water partition coefficient (Wildman–Crippen LogP) is 0.807. The fourth-order valence-corrected chi connectivity index (χ4v) is 2.65. The van der Waals surface area contributed by atoms with Gasteiger partial charge in [0.05, 0.1) is 5.54 Å². The van der Waals surface area contributed by atoms with E-state index in [9.17, 15) is 0 Å². The number of hydrogen-bond donors (Lipinski definition) is 1. The van der Waals surface area contributed by atoms with Crippen LogP contribution in [0.3, 0.4) is 0 Å². The third-order valence-electron chi connectivity index (χ3n) is 3.56. The van der Waals surface area contributed by atoms with Gasteiger partial charge in [0.25, 0.3) is 0 Å². The minimum absolute atomic E-state index is 0.223. The van der Waals surface area contributed by atoms with Crippen LogP contribution in [0.15, 0.2) is 0 Å². The zero-order valence-corrected chi connectivity index (χ0v) is 10.3. The first kappa shape index (κ1) is 12.9. The molecule has 15 heavy (non-hydrogen) atoms. The monoisotopic (exact) mass is 216 g/mol. The number of nitrogens with zero attached hydrogens (tertiary/aromatic N) is 1. The van der Waals surface area contributed by atoms with E-state index in [1.165, 1.54) is 12.8 Å². The van der Waals surface area contributed by atoms with E-state index in [-0.39, 0.29) is 11.8 Å². The van der Waals surface area contributed by atoms with E-state index in [1.807, 2.05) is 0 Å². The van der Waals surface area contributed by atoms with Crippen molar-refractivity contribution in [3.63, 3.8) is 0 Å². The van der Waals surface area contributed by atoms with Crippen LogP contribution in [0.25, 0.3) is 0 Å². The lowest BCUT2D eigenvalue weighted by molar-refractivity contribution is -0.182. The fraction of sp³-hybridized carbons (Fsp3) is 1.00. The summed E-state index contributed by atoms with van der Waals surface area (Å²) in [6.07, 6.45) is 2.20. The summed E-state index contributed by atoms with van der Waals surface area (Å²) in [7, 11) is 3.34. The van der Waals surface area contributed by atoms with Crippen molar-refractivity contribution >= 4 is 0 Å². The first-order chi connectivity index (χ1) is 7.10. The number of likely N-dealkylation sites (tertiary alicyclic amines) is 1. The zero-order valence-electron chi connectivity index (χ0n) is 10.3. The minimum atomic E-state index is -0.261. The van der Waals surface area contributed by atoms with Gasteiger partial charge in [-0.25, -0.2) is 0 Å². The molecule has 0 aromatic heterocycles. The second-order valence-corrected chi connectivity index (χ2v) is 4.55. The van der Waals surface area contributed by atoms with Crippen LogP contribution in [0.4, 0.5) is 0 Å². The van der Waals surface area contributed by atoms with Gasteiger partial charge >= 0.3 is 0 Å². The maximum atomic E-state index is 5.90. The molecule has 4 nitrogen and oxygen atoms in total. The molecule has 1 aliphatic heterocycles. The molecule has 1 heterocycles. The first-order valence-corrected chi connectivity index (χ1v) is 5.62. The largest absolute Gasteiger partial charge is 0.354 e. The SMILES string of the molecule is COC(OC)C(C)(CN)N1CCCC1C. The van der Waals surface area contributed by atoms with Gasteiger partial charge in [-0.2, -0.15) is 0 Å². The molecule has 0 aromatic carbocycles. The Labute approximate surface area is 92.7 Å². The summed E-state index contributed by atoms with van der Waals surface area (Å²) >= 11 is 0. The van der Waals surface area contributed by atoms with E-state index < -0.39 is 0 Å². The standard InChI is InChI=1S/C11H24N2O2/c1-9-6-5-7-13(9)11(2,8-12)10(14-3)15-4/h9-10H,5-8,12H2,1-4H3. The topological polar surface area (TPSA) is 47.7 Å². The Balaban J connectivity index is 2.82. The molecule has 1 fully saturated rings. The van der Waals surface area contributed by atoms with Crippen molar-refractivity contribution in [2.75, 3.05) is 27.3 Å². The summed E-state index contributed by atoms with van der Waals surface area (Å²) in [6, 6.07) is 0.561. The highest BCUT2D eigenvalue weighted by Crippen LogP contribution is 2.29. The summed E-state index contributed by atoms with van der Waals surface area (Å²) in [6.45, 7) is 5.98. The van der Waals surface area contributed by atoms with Gasteiger partial charge in [-0.15, -0.1) is 0 Å². The Kier molecular flexibility index (Phi) is 4.52. The number of ether oxygens (including phenoxy) is 2. The van der Waals surface area contributed by atoms with Crippen molar-refractivity contribution in [3.8, 4) is 0 Å². The third kappa shape index (κ3) is 2.33. The zero-order chi connectivity index (χ0) is 11.5. The van der Waals surface area contributed by atoms with Crippen LogP contribution < -0.4 is 5.73 Å². The molecule has 1 rings (SSSR count). The molecule has 0 radical (unpaired) electrons. The molecular formula is C11H24N2O2. The van der Waals surface area contributed by atoms with Crippen molar-refractivity contribution in [1.29, 1.82) is 0 Å². The maximum Gasteiger partial charge on any atom is 0.176 e. The van der Waals surface area contributed by atoms with E-state index in [4.69, 9.17) is 15.2 Å². The molecule has 90 valence electrons. The molecule has 0 amide bonds. The molecule has 0 aliphatic carbocycles. The van der Waals surface area contributed by atoms with Crippen LogP contribution in [0.1, 0.15) is 26.7 Å². The van der Waals surface area contributed by atoms with Gasteiger partial charge in [-0.3, -0.25) is 4.90 Å². The van der Waals surface area contributed by atoms with Crippen molar-refractivity contribution in [3.05, 3.63) is 0 Å². The van der Waals surface area contributed by atoms with Gasteiger partial charge in [0.15, 0.2) is 6.29 Å². The number of nitrogens with two attached hydrogens (primary N) is 1. The van der Waals surface area contributed by atoms with Crippen molar-refractivity contribution in [2.24, 2.45) is 5.73 Å². The van der Waals surface area contributed by atoms with Crippen LogP contribution in [0.2, 0.25) is 0 Å². The van der Waals surface area contributed by atoms with E-state index in [0.717, 1.165) is 6.54 Å². The number of hydrogen-bond acceptors (Lipinski definition) is 4. The molecule has 1 saturated heterocycles. The van der Waals surface area contributed by atoms with Crippen molar-refractivity contribution in [1.82, 2.24) is 4.90 Å². The Morgan fingerprint density at radius 2 is 2.07 bits per heavy atom. The van der Waals surface area contributed by atoms with Gasteiger partial charge in [-0.05, 0) is 33.2 Å². The van der Waals surface area contributed by atoms with Crippen LogP contribution in [-0.4, -0.2) is 50.1 Å². The lowest BCUT2D eigenvalue weighted by Crippen LogP contribution is -2.61. The molecular weight excluding hydrogens is 192 g/mol. The molecule has 0 bridgehead atoms. The fourth-order valence-electron chi connectivity index (χ4n) is 2.65. The number of methoxy groups -OCH3 is 2. The Hall–Kier alpha value is -0.160. The Morgan fingerprint density at radius 1 is 1.47 bits per heavy atom. The summed E-state index contributed by atoms with van der Waals surface area (Å²) in [5.41, 5.74) is 5.68. The second kappa shape index (κ2) is 5.25. The van der Waals surface area contributed by atoms with Gasteiger partial charge < -0.3 is 15.2 Å². The minimum Gasteiger partial charge on any atom is -0.354 e. The molecule has 0 spiro atoms. The van der Waals surface area contributed by atoms with E-state index in [0.29, 0.717) is 12.6 Å². The van der Waals surface area contributed by atoms with Crippen molar-refractivity contribution in [2.45, 2.75) is 44.6 Å². The smallest absolute Gasteiger partial charge is 0.176 e. The summed E-state index contributed by atoms with van der Waals surface area (Å²) < 4.78 is 10.7. The summed E-state index contributed by atoms with van der Waals surface area (Å²) in [5, 5.41) is 0. The lowest BCUT2D eigenvalue weighted by atomic mass is 9.98. The van der Waals surface area contributed by atoms with Gasteiger partial charge in [0.1, 0.15) is 0 Å². The van der Waals surface area contributed by atoms with Gasteiger partial charge in [0, 0.05) is 26.8 Å². The van der Waals surface area contributed by atoms with Gasteiger partial charge in [-0.1, -0.05) is 0 Å².